The van der Waals surface area contributed by atoms with Crippen molar-refractivity contribution in [2.45, 2.75) is 45.4 Å². The van der Waals surface area contributed by atoms with Gasteiger partial charge in [0.2, 0.25) is 5.72 Å². The number of carbonyl (C=O) groups excluding carboxylic acids is 2. The lowest BCUT2D eigenvalue weighted by molar-refractivity contribution is -0.168. The standard InChI is InChI=1S/C26H34N6O3/c1-3-30-22-13-17(23(27)28)7-8-18(22)15-26(25(29)34,35-4-2)32-16-19-9-10-20(14-21(19)24(32)33)31-11-5-6-12-31/h7-10,13-14,30H,3-6,11-12,15-16H2,1-2H3,(H3,27,28)(H2,29,34). The number of nitrogens with two attached hydrogens (primary N) is 2. The van der Waals surface area contributed by atoms with E-state index in [0.29, 0.717) is 23.4 Å². The van der Waals surface area contributed by atoms with Gasteiger partial charge < -0.3 is 26.4 Å². The Labute approximate surface area is 205 Å². The second kappa shape index (κ2) is 9.95. The predicted molar refractivity (Wildman–Crippen MR) is 137 cm³/mol. The van der Waals surface area contributed by atoms with Crippen LogP contribution in [0.1, 0.15) is 53.7 Å². The van der Waals surface area contributed by atoms with Gasteiger partial charge in [-0.15, -0.1) is 0 Å². The quantitative estimate of drug-likeness (QED) is 0.306. The molecule has 1 saturated heterocycles. The molecule has 6 N–H and O–H groups in total. The highest BCUT2D eigenvalue weighted by Crippen LogP contribution is 2.36. The maximum atomic E-state index is 13.7. The molecule has 0 bridgehead atoms. The summed E-state index contributed by atoms with van der Waals surface area (Å²) in [6.45, 7) is 6.74. The molecule has 2 aliphatic heterocycles. The van der Waals surface area contributed by atoms with Gasteiger partial charge in [0.1, 0.15) is 5.84 Å². The van der Waals surface area contributed by atoms with Crippen molar-refractivity contribution < 1.29 is 14.3 Å². The van der Waals surface area contributed by atoms with Crippen LogP contribution in [0, 0.1) is 5.41 Å². The highest BCUT2D eigenvalue weighted by molar-refractivity contribution is 6.02. The van der Waals surface area contributed by atoms with Crippen LogP contribution in [0.5, 0.6) is 0 Å². The number of fused-ring (bicyclic) bond motifs is 1. The molecule has 4 rings (SSSR count). The average molecular weight is 479 g/mol. The van der Waals surface area contributed by atoms with Crippen LogP contribution in [-0.2, 0) is 22.5 Å². The molecule has 2 amide bonds. The van der Waals surface area contributed by atoms with Gasteiger partial charge >= 0.3 is 0 Å². The van der Waals surface area contributed by atoms with Crippen LogP contribution in [0.15, 0.2) is 36.4 Å². The number of nitrogen functional groups attached to an aromatic ring is 1. The molecule has 0 spiro atoms. The summed E-state index contributed by atoms with van der Waals surface area (Å²) in [6.07, 6.45) is 2.35. The maximum Gasteiger partial charge on any atom is 0.271 e. The van der Waals surface area contributed by atoms with E-state index in [1.165, 1.54) is 4.90 Å². The number of benzene rings is 2. The highest BCUT2D eigenvalue weighted by atomic mass is 16.5. The molecular formula is C26H34N6O3. The lowest BCUT2D eigenvalue weighted by Crippen LogP contribution is -2.61. The SMILES string of the molecule is CCNc1cc(C(=N)N)ccc1CC(OCC)(C(N)=O)N1Cc2ccc(N3CCCC3)cc2C1=O. The van der Waals surface area contributed by atoms with Crippen molar-refractivity contribution in [2.24, 2.45) is 11.5 Å². The van der Waals surface area contributed by atoms with Crippen molar-refractivity contribution in [1.82, 2.24) is 4.90 Å². The Kier molecular flexibility index (Phi) is 6.98. The largest absolute Gasteiger partial charge is 0.385 e. The number of nitrogens with one attached hydrogen (secondary N) is 2. The lowest BCUT2D eigenvalue weighted by Gasteiger charge is -2.39. The van der Waals surface area contributed by atoms with Gasteiger partial charge in [0.25, 0.3) is 11.8 Å². The molecule has 2 aromatic carbocycles. The number of primary amides is 1. The Hall–Kier alpha value is -3.59. The first-order valence-corrected chi connectivity index (χ1v) is 12.2. The van der Waals surface area contributed by atoms with Gasteiger partial charge in [-0.3, -0.25) is 19.9 Å². The van der Waals surface area contributed by atoms with Crippen molar-refractivity contribution in [2.75, 3.05) is 36.5 Å². The molecule has 0 radical (unpaired) electrons. The van der Waals surface area contributed by atoms with Crippen molar-refractivity contribution >= 4 is 29.0 Å². The first-order chi connectivity index (χ1) is 16.8. The Balaban J connectivity index is 1.72. The molecule has 2 aromatic rings. The van der Waals surface area contributed by atoms with Gasteiger partial charge in [-0.05, 0) is 56.0 Å². The molecule has 9 nitrogen and oxygen atoms in total. The Morgan fingerprint density at radius 3 is 2.51 bits per heavy atom. The zero-order valence-corrected chi connectivity index (χ0v) is 20.4. The minimum atomic E-state index is -1.67. The minimum absolute atomic E-state index is 0.0550. The van der Waals surface area contributed by atoms with Crippen LogP contribution in [-0.4, -0.2) is 54.5 Å². The van der Waals surface area contributed by atoms with E-state index < -0.39 is 11.6 Å². The van der Waals surface area contributed by atoms with E-state index >= 15 is 0 Å². The minimum Gasteiger partial charge on any atom is -0.385 e. The summed E-state index contributed by atoms with van der Waals surface area (Å²) in [5, 5.41) is 11.0. The van der Waals surface area contributed by atoms with E-state index in [9.17, 15) is 9.59 Å². The first kappa shape index (κ1) is 24.5. The lowest BCUT2D eigenvalue weighted by atomic mass is 9.96. The molecule has 2 aliphatic rings. The first-order valence-electron chi connectivity index (χ1n) is 12.2. The predicted octanol–water partition coefficient (Wildman–Crippen LogP) is 2.42. The zero-order chi connectivity index (χ0) is 25.2. The number of rotatable bonds is 10. The Morgan fingerprint density at radius 2 is 1.89 bits per heavy atom. The Bertz CT molecular complexity index is 1140. The monoisotopic (exact) mass is 478 g/mol. The zero-order valence-electron chi connectivity index (χ0n) is 20.4. The van der Waals surface area contributed by atoms with Crippen LogP contribution in [0.2, 0.25) is 0 Å². The second-order valence-corrected chi connectivity index (χ2v) is 9.00. The van der Waals surface area contributed by atoms with E-state index in [1.54, 1.807) is 25.1 Å². The van der Waals surface area contributed by atoms with Gasteiger partial charge in [-0.2, -0.15) is 0 Å². The van der Waals surface area contributed by atoms with Gasteiger partial charge in [-0.1, -0.05) is 18.2 Å². The van der Waals surface area contributed by atoms with E-state index in [1.807, 2.05) is 25.1 Å². The average Bonchev–Trinajstić information content (AvgIpc) is 3.48. The molecule has 1 atom stereocenters. The maximum absolute atomic E-state index is 13.7. The number of amidine groups is 1. The molecular weight excluding hydrogens is 444 g/mol. The van der Waals surface area contributed by atoms with Gasteiger partial charge in [0.05, 0.1) is 6.54 Å². The van der Waals surface area contributed by atoms with E-state index in [-0.39, 0.29) is 31.3 Å². The topological polar surface area (TPSA) is 138 Å². The van der Waals surface area contributed by atoms with Crippen molar-refractivity contribution in [3.8, 4) is 0 Å². The third-order valence-electron chi connectivity index (χ3n) is 6.79. The second-order valence-electron chi connectivity index (χ2n) is 9.00. The molecule has 0 saturated carbocycles. The third kappa shape index (κ3) is 4.55. The summed E-state index contributed by atoms with van der Waals surface area (Å²) in [6, 6.07) is 11.2. The third-order valence-corrected chi connectivity index (χ3v) is 6.79. The van der Waals surface area contributed by atoms with Crippen LogP contribution >= 0.6 is 0 Å². The van der Waals surface area contributed by atoms with E-state index in [0.717, 1.165) is 42.7 Å². The van der Waals surface area contributed by atoms with Crippen LogP contribution < -0.4 is 21.7 Å². The number of hydrogen-bond acceptors (Lipinski definition) is 6. The number of hydrogen-bond donors (Lipinski definition) is 4. The van der Waals surface area contributed by atoms with Crippen molar-refractivity contribution in [3.63, 3.8) is 0 Å². The summed E-state index contributed by atoms with van der Waals surface area (Å²) in [5.41, 5.74) is 14.5. The molecule has 1 fully saturated rings. The fourth-order valence-corrected chi connectivity index (χ4v) is 5.02. The smallest absolute Gasteiger partial charge is 0.271 e. The summed E-state index contributed by atoms with van der Waals surface area (Å²) < 4.78 is 6.05. The fraction of sp³-hybridized carbons (Fsp3) is 0.423. The molecule has 1 unspecified atom stereocenters. The molecule has 35 heavy (non-hydrogen) atoms. The molecule has 9 heteroatoms. The molecule has 186 valence electrons. The molecule has 2 heterocycles. The highest BCUT2D eigenvalue weighted by Gasteiger charge is 2.50. The van der Waals surface area contributed by atoms with Crippen LogP contribution in [0.3, 0.4) is 0 Å². The molecule has 0 aliphatic carbocycles. The summed E-state index contributed by atoms with van der Waals surface area (Å²) in [7, 11) is 0. The van der Waals surface area contributed by atoms with Crippen LogP contribution in [0.4, 0.5) is 11.4 Å². The summed E-state index contributed by atoms with van der Waals surface area (Å²) >= 11 is 0. The number of amides is 2. The fourth-order valence-electron chi connectivity index (χ4n) is 5.02. The van der Waals surface area contributed by atoms with Crippen LogP contribution in [0.25, 0.3) is 0 Å². The van der Waals surface area contributed by atoms with Crippen molar-refractivity contribution in [3.05, 3.63) is 58.7 Å². The van der Waals surface area contributed by atoms with E-state index in [4.69, 9.17) is 21.6 Å². The Morgan fingerprint density at radius 1 is 1.14 bits per heavy atom. The van der Waals surface area contributed by atoms with Gasteiger partial charge in [0.15, 0.2) is 0 Å². The number of ether oxygens (including phenoxy) is 1. The number of nitrogens with zero attached hydrogens (tertiary/aromatic N) is 2. The van der Waals surface area contributed by atoms with E-state index in [2.05, 4.69) is 10.2 Å². The van der Waals surface area contributed by atoms with Gasteiger partial charge in [0, 0.05) is 55.2 Å². The van der Waals surface area contributed by atoms with Gasteiger partial charge in [-0.25, -0.2) is 0 Å². The summed E-state index contributed by atoms with van der Waals surface area (Å²) in [4.78, 5) is 30.5. The summed E-state index contributed by atoms with van der Waals surface area (Å²) in [5.74, 6) is -1.04. The normalized spacial score (nSPS) is 16.8. The van der Waals surface area contributed by atoms with Crippen molar-refractivity contribution in [1.29, 1.82) is 5.41 Å². The number of carbonyl (C=O) groups is 2. The number of anilines is 2. The molecule has 0 aromatic heterocycles.